The van der Waals surface area contributed by atoms with E-state index in [2.05, 4.69) is 48.5 Å². The van der Waals surface area contributed by atoms with E-state index in [4.69, 9.17) is 37.0 Å². The number of hydrogen-bond acceptors (Lipinski definition) is 15. The third kappa shape index (κ3) is 67.3. The second-order valence-electron chi connectivity index (χ2n) is 28.2. The minimum atomic E-state index is -4.96. The van der Waals surface area contributed by atoms with Crippen molar-refractivity contribution in [3.63, 3.8) is 0 Å². The predicted octanol–water partition coefficient (Wildman–Crippen LogP) is 21.8. The van der Waals surface area contributed by atoms with Crippen LogP contribution in [0.25, 0.3) is 0 Å². The highest BCUT2D eigenvalue weighted by molar-refractivity contribution is 7.47. The number of aliphatic hydroxyl groups is 1. The molecule has 17 nitrogen and oxygen atoms in total. The van der Waals surface area contributed by atoms with Crippen LogP contribution in [0.2, 0.25) is 0 Å². The summed E-state index contributed by atoms with van der Waals surface area (Å²) in [5, 5.41) is 10.6. The van der Waals surface area contributed by atoms with E-state index in [1.165, 1.54) is 193 Å². The third-order valence-electron chi connectivity index (χ3n) is 17.7. The molecule has 0 heterocycles. The molecule has 0 aliphatic heterocycles. The van der Waals surface area contributed by atoms with E-state index in [0.29, 0.717) is 25.7 Å². The Labute approximate surface area is 575 Å². The largest absolute Gasteiger partial charge is 0.472 e. The van der Waals surface area contributed by atoms with Crippen molar-refractivity contribution in [2.24, 2.45) is 17.8 Å². The van der Waals surface area contributed by atoms with Crippen molar-refractivity contribution in [2.45, 2.75) is 401 Å². The van der Waals surface area contributed by atoms with Crippen LogP contribution in [0.3, 0.4) is 0 Å². The molecule has 0 bridgehead atoms. The molecule has 0 aliphatic rings. The maximum Gasteiger partial charge on any atom is 0.472 e. The number of phosphoric ester groups is 2. The van der Waals surface area contributed by atoms with Crippen LogP contribution in [-0.2, 0) is 65.4 Å². The molecule has 0 saturated heterocycles. The lowest BCUT2D eigenvalue weighted by atomic mass is 9.99. The molecule has 0 aliphatic carbocycles. The van der Waals surface area contributed by atoms with E-state index in [1.807, 2.05) is 0 Å². The topological polar surface area (TPSA) is 237 Å². The van der Waals surface area contributed by atoms with E-state index in [1.54, 1.807) is 0 Å². The van der Waals surface area contributed by atoms with Gasteiger partial charge in [-0.1, -0.05) is 331 Å². The molecule has 3 N–H and O–H groups in total. The Kier molecular flexibility index (Phi) is 64.3. The molecule has 0 aromatic rings. The fraction of sp³-hybridized carbons (Fsp3) is 0.947. The van der Waals surface area contributed by atoms with E-state index in [9.17, 15) is 43.2 Å². The predicted molar refractivity (Wildman–Crippen MR) is 381 cm³/mol. The van der Waals surface area contributed by atoms with Gasteiger partial charge in [0.25, 0.3) is 0 Å². The van der Waals surface area contributed by atoms with Gasteiger partial charge in [-0.05, 0) is 43.4 Å². The Hall–Kier alpha value is -1.94. The molecule has 0 spiro atoms. The second-order valence-corrected chi connectivity index (χ2v) is 31.1. The van der Waals surface area contributed by atoms with Crippen LogP contribution in [0.4, 0.5) is 0 Å². The Morgan fingerprint density at radius 3 is 0.809 bits per heavy atom. The summed E-state index contributed by atoms with van der Waals surface area (Å²) in [5.41, 5.74) is 0. The van der Waals surface area contributed by atoms with Crippen LogP contribution in [0.1, 0.15) is 382 Å². The van der Waals surface area contributed by atoms with Crippen molar-refractivity contribution in [1.29, 1.82) is 0 Å². The maximum atomic E-state index is 13.1. The standard InChI is InChI=1S/C75H146O17P2/c1-8-10-11-12-13-14-15-19-23-26-35-42-49-56-72(77)85-62-70(91-74(79)58-51-44-37-27-24-21-18-16-17-20-22-25-32-39-46-53-66(3)4)64-89-93(81,82)87-60-69(76)61-88-94(83,84)90-65-71(63-86-73(78)57-50-43-36-30-28-33-40-47-54-67(5)6)92-75(80)59-52-45-38-31-29-34-41-48-55-68(7)9-2/h66-71,76H,8-65H2,1-7H3,(H,81,82)(H,83,84)/t68?,69-,70-,71-/m1/s1. The summed E-state index contributed by atoms with van der Waals surface area (Å²) >= 11 is 0. The van der Waals surface area contributed by atoms with Crippen LogP contribution in [-0.4, -0.2) is 96.7 Å². The van der Waals surface area contributed by atoms with Crippen molar-refractivity contribution >= 4 is 39.5 Å². The summed E-state index contributed by atoms with van der Waals surface area (Å²) in [6.07, 6.45) is 51.3. The van der Waals surface area contributed by atoms with Crippen molar-refractivity contribution in [3.8, 4) is 0 Å². The van der Waals surface area contributed by atoms with E-state index in [-0.39, 0.29) is 25.7 Å². The fourth-order valence-corrected chi connectivity index (χ4v) is 13.0. The summed E-state index contributed by atoms with van der Waals surface area (Å²) in [6.45, 7) is 11.9. The molecule has 0 amide bonds. The van der Waals surface area contributed by atoms with Gasteiger partial charge < -0.3 is 33.8 Å². The van der Waals surface area contributed by atoms with E-state index >= 15 is 0 Å². The molecule has 0 fully saturated rings. The number of esters is 4. The molecule has 558 valence electrons. The van der Waals surface area contributed by atoms with Gasteiger partial charge in [0.05, 0.1) is 26.4 Å². The summed E-state index contributed by atoms with van der Waals surface area (Å²) in [6, 6.07) is 0. The molecule has 0 aromatic heterocycles. The van der Waals surface area contributed by atoms with Crippen molar-refractivity contribution in [1.82, 2.24) is 0 Å². The summed E-state index contributed by atoms with van der Waals surface area (Å²) in [7, 11) is -9.91. The highest BCUT2D eigenvalue weighted by Crippen LogP contribution is 2.45. The minimum Gasteiger partial charge on any atom is -0.462 e. The molecule has 3 unspecified atom stereocenters. The smallest absolute Gasteiger partial charge is 0.462 e. The average molecular weight is 1380 g/mol. The number of unbranched alkanes of at least 4 members (excludes halogenated alkanes) is 40. The molecular formula is C75H146O17P2. The first-order valence-electron chi connectivity index (χ1n) is 38.9. The average Bonchev–Trinajstić information content (AvgIpc) is 1.40. The quantitative estimate of drug-likeness (QED) is 0.0222. The Balaban J connectivity index is 5.25. The third-order valence-corrected chi connectivity index (χ3v) is 19.6. The summed E-state index contributed by atoms with van der Waals surface area (Å²) in [4.78, 5) is 72.8. The maximum absolute atomic E-state index is 13.1. The van der Waals surface area contributed by atoms with E-state index < -0.39 is 97.5 Å². The van der Waals surface area contributed by atoms with Gasteiger partial charge in [-0.3, -0.25) is 37.3 Å². The zero-order chi connectivity index (χ0) is 69.4. The van der Waals surface area contributed by atoms with Crippen molar-refractivity contribution in [2.75, 3.05) is 39.6 Å². The SMILES string of the molecule is CCCCCCCCCCCCCCCC(=O)OC[C@H](COP(=O)(O)OC[C@@H](O)COP(=O)(O)OC[C@@H](COC(=O)CCCCCCCCCCC(C)C)OC(=O)CCCCCCCCCCC(C)CC)OC(=O)CCCCCCCCCCCCCCCCCC(C)C. The molecule has 0 rings (SSSR count). The van der Waals surface area contributed by atoms with E-state index in [0.717, 1.165) is 108 Å². The van der Waals surface area contributed by atoms with Crippen molar-refractivity contribution < 1.29 is 80.2 Å². The van der Waals surface area contributed by atoms with Gasteiger partial charge in [0.2, 0.25) is 0 Å². The van der Waals surface area contributed by atoms with Crippen LogP contribution in [0.15, 0.2) is 0 Å². The second kappa shape index (κ2) is 65.7. The summed E-state index contributed by atoms with van der Waals surface area (Å²) < 4.78 is 68.5. The molecule has 0 saturated carbocycles. The highest BCUT2D eigenvalue weighted by atomic mass is 31.2. The number of hydrogen-bond donors (Lipinski definition) is 3. The number of phosphoric acid groups is 2. The van der Waals surface area contributed by atoms with Crippen LogP contribution in [0, 0.1) is 17.8 Å². The Morgan fingerprint density at radius 2 is 0.543 bits per heavy atom. The Bertz CT molecular complexity index is 1840. The first-order valence-corrected chi connectivity index (χ1v) is 41.9. The molecular weight excluding hydrogens is 1230 g/mol. The number of rotatable bonds is 73. The highest BCUT2D eigenvalue weighted by Gasteiger charge is 2.30. The van der Waals surface area contributed by atoms with Gasteiger partial charge in [0.15, 0.2) is 12.2 Å². The van der Waals surface area contributed by atoms with Crippen LogP contribution < -0.4 is 0 Å². The van der Waals surface area contributed by atoms with Gasteiger partial charge in [-0.25, -0.2) is 9.13 Å². The summed E-state index contributed by atoms with van der Waals surface area (Å²) in [5.74, 6) is 0.179. The lowest BCUT2D eigenvalue weighted by Gasteiger charge is -2.21. The normalized spacial score (nSPS) is 14.4. The van der Waals surface area contributed by atoms with Gasteiger partial charge in [-0.15, -0.1) is 0 Å². The zero-order valence-corrected chi connectivity index (χ0v) is 63.2. The molecule has 6 atom stereocenters. The number of aliphatic hydroxyl groups excluding tert-OH is 1. The zero-order valence-electron chi connectivity index (χ0n) is 61.4. The fourth-order valence-electron chi connectivity index (χ4n) is 11.4. The minimum absolute atomic E-state index is 0.104. The first kappa shape index (κ1) is 92.1. The monoisotopic (exact) mass is 1380 g/mol. The first-order chi connectivity index (χ1) is 45.3. The van der Waals surface area contributed by atoms with Gasteiger partial charge in [0, 0.05) is 25.7 Å². The number of carbonyl (C=O) groups is 4. The number of ether oxygens (including phenoxy) is 4. The lowest BCUT2D eigenvalue weighted by molar-refractivity contribution is -0.161. The molecule has 0 radical (unpaired) electrons. The number of carbonyl (C=O) groups excluding carboxylic acids is 4. The molecule has 94 heavy (non-hydrogen) atoms. The van der Waals surface area contributed by atoms with Crippen LogP contribution >= 0.6 is 15.6 Å². The molecule has 19 heteroatoms. The van der Waals surface area contributed by atoms with Gasteiger partial charge in [-0.2, -0.15) is 0 Å². The van der Waals surface area contributed by atoms with Crippen LogP contribution in [0.5, 0.6) is 0 Å². The van der Waals surface area contributed by atoms with Gasteiger partial charge >= 0.3 is 39.5 Å². The molecule has 0 aromatic carbocycles. The Morgan fingerprint density at radius 1 is 0.309 bits per heavy atom. The van der Waals surface area contributed by atoms with Gasteiger partial charge in [0.1, 0.15) is 19.3 Å². The lowest BCUT2D eigenvalue weighted by Crippen LogP contribution is -2.30. The van der Waals surface area contributed by atoms with Crippen molar-refractivity contribution in [3.05, 3.63) is 0 Å².